The van der Waals surface area contributed by atoms with Crippen LogP contribution in [0, 0.1) is 6.92 Å². The number of nitrogens with zero attached hydrogens (tertiary/aromatic N) is 3. The van der Waals surface area contributed by atoms with Crippen molar-refractivity contribution in [2.75, 3.05) is 5.32 Å². The Morgan fingerprint density at radius 2 is 2.05 bits per heavy atom. The lowest BCUT2D eigenvalue weighted by molar-refractivity contribution is 0.981. The molecule has 1 aromatic carbocycles. The minimum absolute atomic E-state index is 0.703. The first-order chi connectivity index (χ1) is 9.65. The highest BCUT2D eigenvalue weighted by molar-refractivity contribution is 9.10. The molecule has 0 fully saturated rings. The highest BCUT2D eigenvalue weighted by atomic mass is 79.9. The normalized spacial score (nSPS) is 10.9. The third-order valence-electron chi connectivity index (χ3n) is 3.17. The number of nitrogens with one attached hydrogen (secondary N) is 1. The summed E-state index contributed by atoms with van der Waals surface area (Å²) in [6.07, 6.45) is 5.54. The number of halogens is 2. The first-order valence-electron chi connectivity index (χ1n) is 6.11. The van der Waals surface area contributed by atoms with Gasteiger partial charge >= 0.3 is 0 Å². The molecule has 0 aliphatic rings. The molecule has 0 saturated carbocycles. The zero-order chi connectivity index (χ0) is 14.1. The third kappa shape index (κ3) is 2.58. The molecule has 0 saturated heterocycles. The molecule has 102 valence electrons. The molecule has 20 heavy (non-hydrogen) atoms. The Bertz CT molecular complexity index is 767. The zero-order valence-corrected chi connectivity index (χ0v) is 13.9. The number of fused-ring (bicyclic) bond motifs is 1. The molecule has 6 heteroatoms. The van der Waals surface area contributed by atoms with Crippen LogP contribution < -0.4 is 5.32 Å². The van der Waals surface area contributed by atoms with Crippen LogP contribution in [0.3, 0.4) is 0 Å². The molecule has 0 bridgehead atoms. The van der Waals surface area contributed by atoms with E-state index >= 15 is 0 Å². The Kier molecular flexibility index (Phi) is 3.76. The van der Waals surface area contributed by atoms with Crippen LogP contribution in [0.25, 0.3) is 5.65 Å². The molecule has 1 N–H and O–H groups in total. The Balaban J connectivity index is 1.87. The molecule has 4 nitrogen and oxygen atoms in total. The Hall–Kier alpha value is -1.40. The maximum Gasteiger partial charge on any atom is 0.155 e. The third-order valence-corrected chi connectivity index (χ3v) is 4.44. The number of aromatic nitrogens is 3. The van der Waals surface area contributed by atoms with E-state index in [1.54, 1.807) is 6.20 Å². The second-order valence-electron chi connectivity index (χ2n) is 4.45. The van der Waals surface area contributed by atoms with Crippen molar-refractivity contribution in [2.45, 2.75) is 13.5 Å². The summed E-state index contributed by atoms with van der Waals surface area (Å²) in [5.74, 6) is 0. The molecule has 0 atom stereocenters. The lowest BCUT2D eigenvalue weighted by Crippen LogP contribution is -2.04. The molecule has 0 radical (unpaired) electrons. The number of benzene rings is 1. The standard InChI is InChI=1S/C14H12Br2N4/c1-9-11(15)3-2-4-12(9)17-5-10-6-19-14-7-18-13(16)8-20(10)14/h2-4,6-8,17H,5H2,1H3. The van der Waals surface area contributed by atoms with E-state index in [4.69, 9.17) is 0 Å². The average Bonchev–Trinajstić information content (AvgIpc) is 2.83. The fraction of sp³-hybridized carbons (Fsp3) is 0.143. The van der Waals surface area contributed by atoms with Crippen molar-refractivity contribution in [3.05, 3.63) is 57.1 Å². The molecule has 2 heterocycles. The van der Waals surface area contributed by atoms with Gasteiger partial charge in [0.1, 0.15) is 4.60 Å². The SMILES string of the molecule is Cc1c(Br)cccc1NCc1cnc2cnc(Br)cn12. The molecule has 0 amide bonds. The second kappa shape index (κ2) is 5.54. The molecule has 0 aliphatic carbocycles. The maximum atomic E-state index is 4.34. The molecule has 2 aromatic heterocycles. The monoisotopic (exact) mass is 394 g/mol. The van der Waals surface area contributed by atoms with E-state index in [1.165, 1.54) is 5.56 Å². The summed E-state index contributed by atoms with van der Waals surface area (Å²) in [4.78, 5) is 8.51. The summed E-state index contributed by atoms with van der Waals surface area (Å²) in [5, 5.41) is 3.44. The van der Waals surface area contributed by atoms with Gasteiger partial charge in [-0.05, 0) is 40.5 Å². The van der Waals surface area contributed by atoms with Gasteiger partial charge in [-0.3, -0.25) is 4.40 Å². The number of rotatable bonds is 3. The van der Waals surface area contributed by atoms with Crippen LogP contribution >= 0.6 is 31.9 Å². The Morgan fingerprint density at radius 1 is 1.20 bits per heavy atom. The zero-order valence-electron chi connectivity index (χ0n) is 10.8. The molecular formula is C14H12Br2N4. The predicted molar refractivity (Wildman–Crippen MR) is 86.9 cm³/mol. The van der Waals surface area contributed by atoms with Gasteiger partial charge in [0.2, 0.25) is 0 Å². The largest absolute Gasteiger partial charge is 0.379 e. The van der Waals surface area contributed by atoms with Crippen LogP contribution in [0.1, 0.15) is 11.3 Å². The van der Waals surface area contributed by atoms with Crippen LogP contribution in [0.15, 0.2) is 45.9 Å². The van der Waals surface area contributed by atoms with Gasteiger partial charge in [-0.1, -0.05) is 22.0 Å². The van der Waals surface area contributed by atoms with Crippen molar-refractivity contribution >= 4 is 43.2 Å². The molecule has 0 unspecified atom stereocenters. The van der Waals surface area contributed by atoms with Gasteiger partial charge in [0, 0.05) is 16.4 Å². The fourth-order valence-electron chi connectivity index (χ4n) is 2.03. The van der Waals surface area contributed by atoms with E-state index in [1.807, 2.05) is 28.9 Å². The molecule has 3 aromatic rings. The molecule has 0 aliphatic heterocycles. The average molecular weight is 396 g/mol. The van der Waals surface area contributed by atoms with Crippen molar-refractivity contribution in [1.82, 2.24) is 14.4 Å². The quantitative estimate of drug-likeness (QED) is 0.723. The number of hydrogen-bond acceptors (Lipinski definition) is 3. The predicted octanol–water partition coefficient (Wildman–Crippen LogP) is 4.17. The summed E-state index contributed by atoms with van der Waals surface area (Å²) in [7, 11) is 0. The van der Waals surface area contributed by atoms with Crippen molar-refractivity contribution < 1.29 is 0 Å². The van der Waals surface area contributed by atoms with Gasteiger partial charge in [0.15, 0.2) is 5.65 Å². The van der Waals surface area contributed by atoms with Gasteiger partial charge in [0.25, 0.3) is 0 Å². The van der Waals surface area contributed by atoms with Gasteiger partial charge in [0.05, 0.1) is 24.6 Å². The Labute approximate surface area is 133 Å². The number of hydrogen-bond donors (Lipinski definition) is 1. The number of imidazole rings is 1. The van der Waals surface area contributed by atoms with Gasteiger partial charge in [-0.2, -0.15) is 0 Å². The minimum atomic E-state index is 0.703. The summed E-state index contributed by atoms with van der Waals surface area (Å²) in [5.41, 5.74) is 4.24. The van der Waals surface area contributed by atoms with E-state index in [2.05, 4.69) is 60.1 Å². The number of anilines is 1. The first-order valence-corrected chi connectivity index (χ1v) is 7.70. The molecular weight excluding hydrogens is 384 g/mol. The van der Waals surface area contributed by atoms with E-state index in [0.717, 1.165) is 26.1 Å². The minimum Gasteiger partial charge on any atom is -0.379 e. The van der Waals surface area contributed by atoms with E-state index in [9.17, 15) is 0 Å². The molecule has 0 spiro atoms. The van der Waals surface area contributed by atoms with Crippen LogP contribution in [-0.2, 0) is 6.54 Å². The molecule has 3 rings (SSSR count). The van der Waals surface area contributed by atoms with Gasteiger partial charge < -0.3 is 5.32 Å². The second-order valence-corrected chi connectivity index (χ2v) is 6.12. The van der Waals surface area contributed by atoms with Gasteiger partial charge in [-0.25, -0.2) is 9.97 Å². The van der Waals surface area contributed by atoms with Crippen molar-refractivity contribution in [3.8, 4) is 0 Å². The van der Waals surface area contributed by atoms with Crippen LogP contribution in [0.4, 0.5) is 5.69 Å². The van der Waals surface area contributed by atoms with E-state index < -0.39 is 0 Å². The smallest absolute Gasteiger partial charge is 0.155 e. The van der Waals surface area contributed by atoms with Crippen LogP contribution in [0.5, 0.6) is 0 Å². The van der Waals surface area contributed by atoms with Crippen molar-refractivity contribution in [3.63, 3.8) is 0 Å². The highest BCUT2D eigenvalue weighted by Crippen LogP contribution is 2.24. The lowest BCUT2D eigenvalue weighted by Gasteiger charge is -2.10. The first kappa shape index (κ1) is 13.6. The van der Waals surface area contributed by atoms with E-state index in [-0.39, 0.29) is 0 Å². The summed E-state index contributed by atoms with van der Waals surface area (Å²) >= 11 is 6.92. The van der Waals surface area contributed by atoms with Gasteiger partial charge in [-0.15, -0.1) is 0 Å². The summed E-state index contributed by atoms with van der Waals surface area (Å²) < 4.78 is 3.92. The summed E-state index contributed by atoms with van der Waals surface area (Å²) in [6, 6.07) is 6.13. The van der Waals surface area contributed by atoms with Crippen molar-refractivity contribution in [2.24, 2.45) is 0 Å². The summed E-state index contributed by atoms with van der Waals surface area (Å²) in [6.45, 7) is 2.79. The van der Waals surface area contributed by atoms with Crippen molar-refractivity contribution in [1.29, 1.82) is 0 Å². The maximum absolute atomic E-state index is 4.34. The Morgan fingerprint density at radius 3 is 2.90 bits per heavy atom. The lowest BCUT2D eigenvalue weighted by atomic mass is 10.2. The highest BCUT2D eigenvalue weighted by Gasteiger charge is 2.06. The fourth-order valence-corrected chi connectivity index (χ4v) is 2.70. The topological polar surface area (TPSA) is 42.2 Å². The van der Waals surface area contributed by atoms with Crippen LogP contribution in [-0.4, -0.2) is 14.4 Å². The van der Waals surface area contributed by atoms with E-state index in [0.29, 0.717) is 6.54 Å². The van der Waals surface area contributed by atoms with Crippen LogP contribution in [0.2, 0.25) is 0 Å².